The van der Waals surface area contributed by atoms with E-state index in [1.54, 1.807) is 30.2 Å². The molecule has 1 aliphatic rings. The lowest BCUT2D eigenvalue weighted by molar-refractivity contribution is -0.127. The fourth-order valence-corrected chi connectivity index (χ4v) is 3.05. The van der Waals surface area contributed by atoms with Gasteiger partial charge in [-0.2, -0.15) is 0 Å². The van der Waals surface area contributed by atoms with Crippen LogP contribution in [0.1, 0.15) is 18.2 Å². The molecule has 0 atom stereocenters. The molecule has 120 valence electrons. The Kier molecular flexibility index (Phi) is 6.15. The van der Waals surface area contributed by atoms with Crippen LogP contribution in [0.5, 0.6) is 0 Å². The second kappa shape index (κ2) is 8.10. The third kappa shape index (κ3) is 5.27. The maximum Gasteiger partial charge on any atom is 0.234 e. The smallest absolute Gasteiger partial charge is 0.234 e. The number of likely N-dealkylation sites (N-methyl/N-ethyl adjacent to an activating group) is 1. The molecule has 2 rings (SSSR count). The highest BCUT2D eigenvalue weighted by atomic mass is 32.1. The maximum absolute atomic E-state index is 12.0. The minimum absolute atomic E-state index is 0.0505. The molecule has 0 bridgehead atoms. The summed E-state index contributed by atoms with van der Waals surface area (Å²) in [5.41, 5.74) is 1.20. The molecule has 1 aromatic heterocycles. The summed E-state index contributed by atoms with van der Waals surface area (Å²) in [6.45, 7) is 4.86. The molecule has 0 aliphatic carbocycles. The first-order valence-electron chi connectivity index (χ1n) is 7.45. The number of rotatable bonds is 6. The molecule has 0 fully saturated rings. The monoisotopic (exact) mass is 321 g/mol. The molecule has 0 spiro atoms. The molecule has 0 saturated carbocycles. The van der Waals surface area contributed by atoms with Crippen LogP contribution in [0, 0.1) is 0 Å². The van der Waals surface area contributed by atoms with Gasteiger partial charge in [0.2, 0.25) is 11.8 Å². The Morgan fingerprint density at radius 3 is 2.95 bits per heavy atom. The minimum Gasteiger partial charge on any atom is -0.350 e. The minimum atomic E-state index is 0.0505. The molecular formula is C16H23N3O2S. The van der Waals surface area contributed by atoms with Crippen molar-refractivity contribution in [2.24, 2.45) is 0 Å². The Labute approximate surface area is 135 Å². The SMILES string of the molecule is CC(=O)N(C)CC1=CCCN(CC(=O)NCc2cccs2)C1. The number of hydrogen-bond acceptors (Lipinski definition) is 4. The van der Waals surface area contributed by atoms with Crippen LogP contribution in [0.3, 0.4) is 0 Å². The van der Waals surface area contributed by atoms with Gasteiger partial charge >= 0.3 is 0 Å². The summed E-state index contributed by atoms with van der Waals surface area (Å²) >= 11 is 1.65. The summed E-state index contributed by atoms with van der Waals surface area (Å²) in [6.07, 6.45) is 3.11. The predicted octanol–water partition coefficient (Wildman–Crippen LogP) is 1.47. The van der Waals surface area contributed by atoms with Gasteiger partial charge in [-0.15, -0.1) is 11.3 Å². The number of nitrogens with zero attached hydrogens (tertiary/aromatic N) is 2. The van der Waals surface area contributed by atoms with Crippen LogP contribution >= 0.6 is 11.3 Å². The zero-order valence-electron chi connectivity index (χ0n) is 13.2. The summed E-state index contributed by atoms with van der Waals surface area (Å²) in [4.78, 5) is 28.3. The van der Waals surface area contributed by atoms with E-state index in [1.807, 2.05) is 17.5 Å². The maximum atomic E-state index is 12.0. The Morgan fingerprint density at radius 1 is 1.45 bits per heavy atom. The molecule has 0 radical (unpaired) electrons. The number of thiophene rings is 1. The molecule has 1 aromatic rings. The van der Waals surface area contributed by atoms with Gasteiger partial charge in [0, 0.05) is 38.5 Å². The second-order valence-corrected chi connectivity index (χ2v) is 6.63. The zero-order chi connectivity index (χ0) is 15.9. The molecular weight excluding hydrogens is 298 g/mol. The van der Waals surface area contributed by atoms with Crippen molar-refractivity contribution in [3.8, 4) is 0 Å². The molecule has 2 amide bonds. The van der Waals surface area contributed by atoms with Gasteiger partial charge in [0.15, 0.2) is 0 Å². The Balaban J connectivity index is 1.75. The second-order valence-electron chi connectivity index (χ2n) is 5.59. The van der Waals surface area contributed by atoms with Crippen LogP contribution in [0.25, 0.3) is 0 Å². The number of amides is 2. The lowest BCUT2D eigenvalue weighted by Gasteiger charge is -2.28. The van der Waals surface area contributed by atoms with E-state index in [1.165, 1.54) is 5.57 Å². The van der Waals surface area contributed by atoms with Crippen LogP contribution in [0.2, 0.25) is 0 Å². The fraction of sp³-hybridized carbons (Fsp3) is 0.500. The molecule has 0 saturated heterocycles. The van der Waals surface area contributed by atoms with Crippen molar-refractivity contribution in [1.82, 2.24) is 15.1 Å². The third-order valence-electron chi connectivity index (χ3n) is 3.69. The van der Waals surface area contributed by atoms with Crippen LogP contribution in [-0.2, 0) is 16.1 Å². The molecule has 22 heavy (non-hydrogen) atoms. The third-order valence-corrected chi connectivity index (χ3v) is 4.57. The van der Waals surface area contributed by atoms with Crippen molar-refractivity contribution in [2.75, 3.05) is 33.2 Å². The summed E-state index contributed by atoms with van der Waals surface area (Å²) < 4.78 is 0. The molecule has 6 heteroatoms. The van der Waals surface area contributed by atoms with E-state index in [-0.39, 0.29) is 11.8 Å². The van der Waals surface area contributed by atoms with Gasteiger partial charge in [-0.3, -0.25) is 14.5 Å². The molecule has 2 heterocycles. The van der Waals surface area contributed by atoms with Gasteiger partial charge in [-0.1, -0.05) is 12.1 Å². The van der Waals surface area contributed by atoms with Crippen LogP contribution in [0.4, 0.5) is 0 Å². The van der Waals surface area contributed by atoms with Crippen LogP contribution in [0.15, 0.2) is 29.2 Å². The molecule has 1 N–H and O–H groups in total. The molecule has 0 aromatic carbocycles. The largest absolute Gasteiger partial charge is 0.350 e. The first-order chi connectivity index (χ1) is 10.5. The standard InChI is InChI=1S/C16H23N3O2S/c1-13(20)18(2)10-14-5-3-7-19(11-14)12-16(21)17-9-15-6-4-8-22-15/h4-6,8H,3,7,9-12H2,1-2H3,(H,17,21). The lowest BCUT2D eigenvalue weighted by Crippen LogP contribution is -2.41. The molecule has 1 aliphatic heterocycles. The highest BCUT2D eigenvalue weighted by Crippen LogP contribution is 2.11. The van der Waals surface area contributed by atoms with E-state index in [0.717, 1.165) is 24.4 Å². The summed E-state index contributed by atoms with van der Waals surface area (Å²) in [7, 11) is 1.80. The average Bonchev–Trinajstić information content (AvgIpc) is 2.98. The first-order valence-corrected chi connectivity index (χ1v) is 8.33. The summed E-state index contributed by atoms with van der Waals surface area (Å²) in [5, 5.41) is 4.96. The van der Waals surface area contributed by atoms with E-state index in [4.69, 9.17) is 0 Å². The highest BCUT2D eigenvalue weighted by Gasteiger charge is 2.17. The summed E-state index contributed by atoms with van der Waals surface area (Å²) in [5.74, 6) is 0.112. The van der Waals surface area contributed by atoms with E-state index in [2.05, 4.69) is 16.3 Å². The predicted molar refractivity (Wildman–Crippen MR) is 88.6 cm³/mol. The normalized spacial score (nSPS) is 15.3. The number of carbonyl (C=O) groups excluding carboxylic acids is 2. The van der Waals surface area contributed by atoms with Crippen molar-refractivity contribution >= 4 is 23.2 Å². The van der Waals surface area contributed by atoms with Crippen LogP contribution in [-0.4, -0.2) is 54.8 Å². The van der Waals surface area contributed by atoms with Crippen molar-refractivity contribution in [1.29, 1.82) is 0 Å². The van der Waals surface area contributed by atoms with Crippen molar-refractivity contribution < 1.29 is 9.59 Å². The van der Waals surface area contributed by atoms with Crippen molar-refractivity contribution in [3.05, 3.63) is 34.0 Å². The van der Waals surface area contributed by atoms with E-state index in [0.29, 0.717) is 19.6 Å². The van der Waals surface area contributed by atoms with Gasteiger partial charge < -0.3 is 10.2 Å². The van der Waals surface area contributed by atoms with Crippen molar-refractivity contribution in [2.45, 2.75) is 19.9 Å². The Bertz CT molecular complexity index is 540. The van der Waals surface area contributed by atoms with Gasteiger partial charge in [0.05, 0.1) is 13.1 Å². The van der Waals surface area contributed by atoms with E-state index >= 15 is 0 Å². The average molecular weight is 321 g/mol. The van der Waals surface area contributed by atoms with Gasteiger partial charge in [0.1, 0.15) is 0 Å². The quantitative estimate of drug-likeness (QED) is 0.808. The van der Waals surface area contributed by atoms with E-state index in [9.17, 15) is 9.59 Å². The first kappa shape index (κ1) is 16.7. The molecule has 5 nitrogen and oxygen atoms in total. The van der Waals surface area contributed by atoms with Gasteiger partial charge in [-0.25, -0.2) is 0 Å². The molecule has 0 unspecified atom stereocenters. The van der Waals surface area contributed by atoms with E-state index < -0.39 is 0 Å². The Hall–Kier alpha value is -1.66. The van der Waals surface area contributed by atoms with Gasteiger partial charge in [-0.05, 0) is 23.4 Å². The van der Waals surface area contributed by atoms with Crippen LogP contribution < -0.4 is 5.32 Å². The zero-order valence-corrected chi connectivity index (χ0v) is 14.0. The summed E-state index contributed by atoms with van der Waals surface area (Å²) in [6, 6.07) is 4.00. The highest BCUT2D eigenvalue weighted by molar-refractivity contribution is 7.09. The number of carbonyl (C=O) groups is 2. The lowest BCUT2D eigenvalue weighted by atomic mass is 10.1. The fourth-order valence-electron chi connectivity index (χ4n) is 2.41. The van der Waals surface area contributed by atoms with Gasteiger partial charge in [0.25, 0.3) is 0 Å². The number of hydrogen-bond donors (Lipinski definition) is 1. The topological polar surface area (TPSA) is 52.7 Å². The van der Waals surface area contributed by atoms with Crippen molar-refractivity contribution in [3.63, 3.8) is 0 Å². The Morgan fingerprint density at radius 2 is 2.27 bits per heavy atom. The number of nitrogens with one attached hydrogen (secondary N) is 1.